The standard InChI is InChI=1S/C58H103N11O12/c1-23-25-26-36(13)49(72)48-54(77)61-40(24-2)57(80)64(17)30-45(71)66(19)43(28-32(5)6)52(75)63-46(34(9)10)53(76)62-41(27-31(3)4)51(74)59-37(14)50(73)60-38(15)55(78)65(18)39(16)56(79)67(20)42(33(7)8)29-44(70)68(21)47(35(11)12)58(81)69(48)22/h23,25,31-43,46-49,72H,24,26-30H2,1-22H3,(H,59,74)(H,60,73)(H,61,77)(H,62,76)(H,63,75)/t36-,37+,38-,39+,40+,41+,42-,43+,46+,47+,48+,49-/m1/s1. The number of likely N-dealkylation sites (N-methyl/N-ethyl adjacent to an activating group) is 6. The van der Waals surface area contributed by atoms with E-state index in [1.54, 1.807) is 60.6 Å². The number of amides is 11. The first-order valence-corrected chi connectivity index (χ1v) is 28.8. The van der Waals surface area contributed by atoms with Crippen LogP contribution in [0.15, 0.2) is 12.2 Å². The molecule has 0 bridgehead atoms. The first-order chi connectivity index (χ1) is 37.4. The van der Waals surface area contributed by atoms with Gasteiger partial charge in [0.1, 0.15) is 54.4 Å². The molecular formula is C58H103N11O12. The molecule has 23 heteroatoms. The Hall–Kier alpha value is -6.13. The fourth-order valence-electron chi connectivity index (χ4n) is 9.87. The Morgan fingerprint density at radius 2 is 1.06 bits per heavy atom. The first kappa shape index (κ1) is 72.9. The highest BCUT2D eigenvalue weighted by atomic mass is 16.3. The van der Waals surface area contributed by atoms with Gasteiger partial charge in [0.2, 0.25) is 65.0 Å². The largest absolute Gasteiger partial charge is 0.390 e. The van der Waals surface area contributed by atoms with Crippen LogP contribution >= 0.6 is 0 Å². The number of hydrogen-bond donors (Lipinski definition) is 6. The lowest BCUT2D eigenvalue weighted by Crippen LogP contribution is -2.62. The maximum atomic E-state index is 14.9. The van der Waals surface area contributed by atoms with Crippen LogP contribution in [0.5, 0.6) is 0 Å². The molecule has 1 aliphatic heterocycles. The Balaban J connectivity index is 4.09. The molecule has 1 saturated heterocycles. The Kier molecular flexibility index (Phi) is 29.8. The third-order valence-corrected chi connectivity index (χ3v) is 15.4. The van der Waals surface area contributed by atoms with E-state index in [-0.39, 0.29) is 43.4 Å². The molecule has 0 unspecified atom stereocenters. The molecular weight excluding hydrogens is 1040 g/mol. The van der Waals surface area contributed by atoms with E-state index in [0.29, 0.717) is 6.42 Å². The van der Waals surface area contributed by atoms with Crippen molar-refractivity contribution in [1.82, 2.24) is 56.0 Å². The Morgan fingerprint density at radius 3 is 1.56 bits per heavy atom. The third kappa shape index (κ3) is 20.7. The molecule has 11 amide bonds. The van der Waals surface area contributed by atoms with Crippen molar-refractivity contribution in [2.24, 2.45) is 35.5 Å². The van der Waals surface area contributed by atoms with E-state index in [4.69, 9.17) is 0 Å². The molecule has 0 saturated carbocycles. The van der Waals surface area contributed by atoms with Crippen molar-refractivity contribution in [1.29, 1.82) is 0 Å². The van der Waals surface area contributed by atoms with Crippen LogP contribution in [0.4, 0.5) is 0 Å². The van der Waals surface area contributed by atoms with E-state index in [1.165, 1.54) is 82.7 Å². The fourth-order valence-corrected chi connectivity index (χ4v) is 9.87. The molecule has 1 rings (SSSR count). The van der Waals surface area contributed by atoms with Crippen LogP contribution in [0.3, 0.4) is 0 Å². The lowest BCUT2D eigenvalue weighted by molar-refractivity contribution is -0.154. The Bertz CT molecular complexity index is 2220. The minimum Gasteiger partial charge on any atom is -0.390 e. The maximum Gasteiger partial charge on any atom is 0.246 e. The normalized spacial score (nSPS) is 27.6. The molecule has 0 aromatic rings. The summed E-state index contributed by atoms with van der Waals surface area (Å²) in [6.45, 7) is 26.8. The number of nitrogens with one attached hydrogen (secondary N) is 5. The summed E-state index contributed by atoms with van der Waals surface area (Å²) in [4.78, 5) is 163. The minimum absolute atomic E-state index is 0.0307. The zero-order valence-electron chi connectivity index (χ0n) is 52.8. The number of carbonyl (C=O) groups excluding carboxylic acids is 11. The Morgan fingerprint density at radius 1 is 0.519 bits per heavy atom. The highest BCUT2D eigenvalue weighted by Gasteiger charge is 2.44. The van der Waals surface area contributed by atoms with Crippen LogP contribution in [0, 0.1) is 35.5 Å². The number of aliphatic hydroxyl groups excluding tert-OH is 1. The molecule has 0 aliphatic carbocycles. The summed E-state index contributed by atoms with van der Waals surface area (Å²) < 4.78 is 0. The lowest BCUT2D eigenvalue weighted by Gasteiger charge is -2.40. The molecule has 0 aromatic carbocycles. The van der Waals surface area contributed by atoms with Crippen molar-refractivity contribution in [3.63, 3.8) is 0 Å². The van der Waals surface area contributed by atoms with E-state index >= 15 is 0 Å². The molecule has 23 nitrogen and oxygen atoms in total. The summed E-state index contributed by atoms with van der Waals surface area (Å²) >= 11 is 0. The third-order valence-electron chi connectivity index (χ3n) is 15.4. The molecule has 1 aliphatic rings. The summed E-state index contributed by atoms with van der Waals surface area (Å²) in [5, 5.41) is 25.5. The number of nitrogens with zero attached hydrogens (tertiary/aromatic N) is 6. The molecule has 1 fully saturated rings. The van der Waals surface area contributed by atoms with Crippen LogP contribution in [0.2, 0.25) is 0 Å². The van der Waals surface area contributed by atoms with Crippen LogP contribution in [0.1, 0.15) is 143 Å². The highest BCUT2D eigenvalue weighted by Crippen LogP contribution is 2.24. The van der Waals surface area contributed by atoms with E-state index in [2.05, 4.69) is 26.6 Å². The van der Waals surface area contributed by atoms with Gasteiger partial charge in [0.05, 0.1) is 12.6 Å². The van der Waals surface area contributed by atoms with Gasteiger partial charge in [0, 0.05) is 54.7 Å². The summed E-state index contributed by atoms with van der Waals surface area (Å²) in [5.41, 5.74) is 0. The van der Waals surface area contributed by atoms with Crippen LogP contribution in [-0.2, 0) is 52.7 Å². The molecule has 81 heavy (non-hydrogen) atoms. The summed E-state index contributed by atoms with van der Waals surface area (Å²) in [5.74, 6) is -9.58. The summed E-state index contributed by atoms with van der Waals surface area (Å²) in [7, 11) is 8.49. The highest BCUT2D eigenvalue weighted by molar-refractivity contribution is 5.98. The summed E-state index contributed by atoms with van der Waals surface area (Å²) in [6, 6.07) is -11.7. The van der Waals surface area contributed by atoms with Gasteiger partial charge in [-0.25, -0.2) is 0 Å². The quantitative estimate of drug-likeness (QED) is 0.153. The predicted octanol–water partition coefficient (Wildman–Crippen LogP) is 1.90. The maximum absolute atomic E-state index is 14.9. The van der Waals surface area contributed by atoms with E-state index in [0.717, 1.165) is 9.80 Å². The van der Waals surface area contributed by atoms with Gasteiger partial charge >= 0.3 is 0 Å². The van der Waals surface area contributed by atoms with Crippen LogP contribution < -0.4 is 26.6 Å². The van der Waals surface area contributed by atoms with Crippen LogP contribution in [-0.4, -0.2) is 215 Å². The molecule has 462 valence electrons. The van der Waals surface area contributed by atoms with Gasteiger partial charge < -0.3 is 61.1 Å². The average Bonchev–Trinajstić information content (AvgIpc) is 3.48. The number of carbonyl (C=O) groups is 11. The van der Waals surface area contributed by atoms with Crippen molar-refractivity contribution in [3.8, 4) is 0 Å². The van der Waals surface area contributed by atoms with E-state index < -0.39 is 156 Å². The average molecular weight is 1150 g/mol. The monoisotopic (exact) mass is 1150 g/mol. The second-order valence-corrected chi connectivity index (χ2v) is 24.1. The number of rotatable bonds is 12. The predicted molar refractivity (Wildman–Crippen MR) is 310 cm³/mol. The smallest absolute Gasteiger partial charge is 0.246 e. The number of hydrogen-bond acceptors (Lipinski definition) is 12. The van der Waals surface area contributed by atoms with Crippen molar-refractivity contribution < 1.29 is 57.8 Å². The molecule has 0 aromatic heterocycles. The van der Waals surface area contributed by atoms with Gasteiger partial charge in [-0.05, 0) is 88.9 Å². The topological polar surface area (TPSA) is 288 Å². The summed E-state index contributed by atoms with van der Waals surface area (Å²) in [6.07, 6.45) is 2.51. The van der Waals surface area contributed by atoms with Gasteiger partial charge in [-0.3, -0.25) is 52.7 Å². The van der Waals surface area contributed by atoms with E-state index in [1.807, 2.05) is 41.5 Å². The first-order valence-electron chi connectivity index (χ1n) is 28.8. The molecule has 12 atom stereocenters. The molecule has 1 heterocycles. The van der Waals surface area contributed by atoms with Crippen LogP contribution in [0.25, 0.3) is 0 Å². The van der Waals surface area contributed by atoms with Crippen molar-refractivity contribution >= 4 is 65.0 Å². The molecule has 0 radical (unpaired) electrons. The van der Waals surface area contributed by atoms with Crippen molar-refractivity contribution in [2.45, 2.75) is 209 Å². The number of aliphatic hydroxyl groups is 1. The van der Waals surface area contributed by atoms with Crippen molar-refractivity contribution in [3.05, 3.63) is 12.2 Å². The SMILES string of the molecule is CC=CC[C@@H](C)[C@@H](O)[C@H]1C(=O)N[C@@H](CC)C(=O)N(C)CC(=O)N(C)[C@@H](CC(C)C)C(=O)N[C@@H](C(C)C)C(=O)N[C@@H](CC(C)C)C(=O)N[C@@H](C)C(=O)N[C@H](C)C(=O)N(C)[C@@H](C)C(=O)N(C)[C@@H](C(C)C)CC(=O)N(C)[C@@H](C(C)C)C(=O)N1C. The lowest BCUT2D eigenvalue weighted by atomic mass is 9.91. The minimum atomic E-state index is -1.58. The van der Waals surface area contributed by atoms with Crippen molar-refractivity contribution in [2.75, 3.05) is 48.8 Å². The van der Waals surface area contributed by atoms with Gasteiger partial charge in [-0.1, -0.05) is 95.2 Å². The van der Waals surface area contributed by atoms with Gasteiger partial charge in [-0.15, -0.1) is 0 Å². The number of allylic oxidation sites excluding steroid dienone is 2. The zero-order chi connectivity index (χ0) is 62.8. The fraction of sp³-hybridized carbons (Fsp3) is 0.776. The zero-order valence-corrected chi connectivity index (χ0v) is 52.8. The molecule has 0 spiro atoms. The van der Waals surface area contributed by atoms with E-state index in [9.17, 15) is 57.8 Å². The van der Waals surface area contributed by atoms with Gasteiger partial charge in [0.25, 0.3) is 0 Å². The second kappa shape index (κ2) is 33.1. The van der Waals surface area contributed by atoms with Gasteiger partial charge in [-0.2, -0.15) is 0 Å². The Labute approximate surface area is 483 Å². The molecule has 6 N–H and O–H groups in total. The second-order valence-electron chi connectivity index (χ2n) is 24.1. The van der Waals surface area contributed by atoms with Gasteiger partial charge in [0.15, 0.2) is 0 Å².